The molecule has 0 aliphatic heterocycles. The van der Waals surface area contributed by atoms with Crippen molar-refractivity contribution in [3.05, 3.63) is 113 Å². The van der Waals surface area contributed by atoms with E-state index in [-0.39, 0.29) is 48.9 Å². The number of hydrogen-bond donors (Lipinski definition) is 1. The summed E-state index contributed by atoms with van der Waals surface area (Å²) in [6, 6.07) is 26.7. The maximum absolute atomic E-state index is 11.7. The Morgan fingerprint density at radius 2 is 1.43 bits per heavy atom. The molecular formula is C49H54IrN3O3-. The van der Waals surface area contributed by atoms with E-state index in [0.717, 1.165) is 103 Å². The number of aromatic nitrogens is 3. The fraction of sp³-hybridized carbons (Fsp3) is 0.347. The van der Waals surface area contributed by atoms with E-state index in [1.54, 1.807) is 0 Å². The van der Waals surface area contributed by atoms with Crippen LogP contribution in [0.1, 0.15) is 96.7 Å². The molecule has 4 heterocycles. The van der Waals surface area contributed by atoms with Gasteiger partial charge >= 0.3 is 0 Å². The second kappa shape index (κ2) is 17.6. The minimum absolute atomic E-state index is 0. The molecule has 1 radical (unpaired) electrons. The van der Waals surface area contributed by atoms with E-state index < -0.39 is 0 Å². The van der Waals surface area contributed by atoms with Crippen molar-refractivity contribution in [1.82, 2.24) is 15.0 Å². The van der Waals surface area contributed by atoms with Crippen molar-refractivity contribution in [2.24, 2.45) is 11.8 Å². The topological polar surface area (TPSA) is 89.1 Å². The van der Waals surface area contributed by atoms with Gasteiger partial charge in [0.15, 0.2) is 5.78 Å². The number of fused-ring (bicyclic) bond motifs is 6. The number of aliphatic hydroxyl groups is 1. The van der Waals surface area contributed by atoms with Gasteiger partial charge in [-0.3, -0.25) is 9.78 Å². The number of carbonyl (C=O) groups excluding carboxylic acids is 1. The number of hydrogen-bond acceptors (Lipinski definition) is 6. The third-order valence-electron chi connectivity index (χ3n) is 10.9. The molecule has 4 aromatic heterocycles. The number of rotatable bonds is 9. The largest absolute Gasteiger partial charge is 0.512 e. The first-order chi connectivity index (χ1) is 26.3. The van der Waals surface area contributed by atoms with Crippen molar-refractivity contribution < 1.29 is 34.4 Å². The first-order valence-electron chi connectivity index (χ1n) is 19.7. The molecule has 0 aliphatic rings. The summed E-state index contributed by atoms with van der Waals surface area (Å²) in [4.78, 5) is 26.3. The molecule has 0 saturated heterocycles. The zero-order valence-electron chi connectivity index (χ0n) is 34.4. The monoisotopic (exact) mass is 925 g/mol. The van der Waals surface area contributed by atoms with E-state index >= 15 is 0 Å². The zero-order chi connectivity index (χ0) is 39.6. The van der Waals surface area contributed by atoms with E-state index in [2.05, 4.69) is 95.3 Å². The molecule has 0 atom stereocenters. The van der Waals surface area contributed by atoms with Gasteiger partial charge in [0, 0.05) is 77.2 Å². The molecule has 56 heavy (non-hydrogen) atoms. The molecule has 0 bridgehead atoms. The third kappa shape index (κ3) is 8.65. The van der Waals surface area contributed by atoms with Crippen LogP contribution in [0.2, 0.25) is 0 Å². The molecule has 3 aromatic carbocycles. The van der Waals surface area contributed by atoms with E-state index in [0.29, 0.717) is 0 Å². The van der Waals surface area contributed by atoms with Crippen LogP contribution in [0, 0.1) is 38.7 Å². The number of allylic oxidation sites excluding steroid dienone is 2. The summed E-state index contributed by atoms with van der Waals surface area (Å²) in [6.07, 6.45) is 6.86. The minimum Gasteiger partial charge on any atom is -0.512 e. The predicted molar refractivity (Wildman–Crippen MR) is 229 cm³/mol. The molecule has 293 valence electrons. The van der Waals surface area contributed by atoms with E-state index in [1.807, 2.05) is 52.9 Å². The Morgan fingerprint density at radius 1 is 0.786 bits per heavy atom. The number of pyridine rings is 3. The first-order valence-corrected chi connectivity index (χ1v) is 19.7. The first kappa shape index (κ1) is 42.4. The molecule has 0 unspecified atom stereocenters. The second-order valence-electron chi connectivity index (χ2n) is 15.9. The van der Waals surface area contributed by atoms with Gasteiger partial charge in [0.1, 0.15) is 11.1 Å². The van der Waals surface area contributed by atoms with Crippen LogP contribution in [0.4, 0.5) is 0 Å². The Balaban J connectivity index is 0.000000322. The Labute approximate surface area is 345 Å². The van der Waals surface area contributed by atoms with Gasteiger partial charge in [0.25, 0.3) is 0 Å². The molecular weight excluding hydrogens is 871 g/mol. The van der Waals surface area contributed by atoms with Crippen molar-refractivity contribution in [1.29, 1.82) is 0 Å². The molecule has 0 fully saturated rings. The molecule has 7 rings (SSSR count). The van der Waals surface area contributed by atoms with Crippen LogP contribution in [-0.2, 0) is 30.3 Å². The zero-order valence-corrected chi connectivity index (χ0v) is 36.8. The maximum atomic E-state index is 11.7. The van der Waals surface area contributed by atoms with Gasteiger partial charge in [-0.25, -0.2) is 4.98 Å². The summed E-state index contributed by atoms with van der Waals surface area (Å²) in [5, 5.41) is 14.0. The average Bonchev–Trinajstić information content (AvgIpc) is 3.55. The quantitative estimate of drug-likeness (QED) is 0.0881. The number of benzene rings is 3. The van der Waals surface area contributed by atoms with Gasteiger partial charge in [-0.1, -0.05) is 89.7 Å². The number of carbonyl (C=O) groups is 1. The fourth-order valence-electron chi connectivity index (χ4n) is 7.38. The van der Waals surface area contributed by atoms with Gasteiger partial charge in [0.05, 0.1) is 16.9 Å². The van der Waals surface area contributed by atoms with Gasteiger partial charge in [0.2, 0.25) is 0 Å². The number of furan rings is 1. The Morgan fingerprint density at radius 3 is 2.11 bits per heavy atom. The fourth-order valence-corrected chi connectivity index (χ4v) is 7.38. The van der Waals surface area contributed by atoms with E-state index in [9.17, 15) is 9.90 Å². The van der Waals surface area contributed by atoms with Crippen LogP contribution in [-0.4, -0.2) is 25.8 Å². The summed E-state index contributed by atoms with van der Waals surface area (Å²) < 4.78 is 6.56. The molecule has 0 saturated carbocycles. The Kier molecular flexibility index (Phi) is 13.3. The summed E-state index contributed by atoms with van der Waals surface area (Å²) in [5.74, 6) is 0.547. The van der Waals surface area contributed by atoms with Gasteiger partial charge < -0.3 is 14.5 Å². The van der Waals surface area contributed by atoms with Crippen LogP contribution in [0.5, 0.6) is 0 Å². The van der Waals surface area contributed by atoms with Crippen molar-refractivity contribution in [3.63, 3.8) is 0 Å². The van der Waals surface area contributed by atoms with Gasteiger partial charge in [-0.2, -0.15) is 0 Å². The number of aliphatic hydroxyl groups excluding tert-OH is 1. The van der Waals surface area contributed by atoms with Crippen LogP contribution in [0.3, 0.4) is 0 Å². The maximum Gasteiger partial charge on any atom is 0.162 e. The predicted octanol–water partition coefficient (Wildman–Crippen LogP) is 13.3. The van der Waals surface area contributed by atoms with Crippen LogP contribution in [0.15, 0.2) is 89.2 Å². The van der Waals surface area contributed by atoms with Crippen molar-refractivity contribution >= 4 is 49.5 Å². The minimum atomic E-state index is 0. The summed E-state index contributed by atoms with van der Waals surface area (Å²) >= 11 is 0. The van der Waals surface area contributed by atoms with Gasteiger partial charge in [-0.15, -0.1) is 18.2 Å². The Bertz CT molecular complexity index is 2550. The molecule has 0 spiro atoms. The molecule has 1 N–H and O–H groups in total. The van der Waals surface area contributed by atoms with Gasteiger partial charge in [-0.05, 0) is 98.7 Å². The van der Waals surface area contributed by atoms with E-state index in [1.165, 1.54) is 17.2 Å². The normalized spacial score (nSPS) is 12.1. The van der Waals surface area contributed by atoms with Crippen molar-refractivity contribution in [2.45, 2.75) is 100 Å². The summed E-state index contributed by atoms with van der Waals surface area (Å²) in [5.41, 5.74) is 11.9. The molecule has 7 heteroatoms. The number of aryl methyl sites for hydroxylation is 3. The van der Waals surface area contributed by atoms with Crippen LogP contribution < -0.4 is 0 Å². The van der Waals surface area contributed by atoms with Crippen molar-refractivity contribution in [2.75, 3.05) is 0 Å². The summed E-state index contributed by atoms with van der Waals surface area (Å²) in [7, 11) is 0. The van der Waals surface area contributed by atoms with Crippen LogP contribution in [0.25, 0.3) is 66.1 Å². The van der Waals surface area contributed by atoms with Crippen molar-refractivity contribution in [3.8, 4) is 22.4 Å². The standard InChI is InChI=1S/C36H30N3O.C13H24O2.Ir/c1-20-16-30-24(13-15-32(39-30)36(4,5)6)17-28(20)29-18-31(37-19-21(29)2)27-9-7-8-25-26-14-12-23-11-10-22(3)38-33(23)35(26)40-34(25)27;1-5-10(6-2)12(14)9-13(15)11(7-3)8-4;/h7-8,10-19H,1-6H3;9-11,14H,5-8H2,1-4H3;/q-1;;/b;12-9-;. The summed E-state index contributed by atoms with van der Waals surface area (Å²) in [6.45, 7) is 20.9. The smallest absolute Gasteiger partial charge is 0.162 e. The molecule has 7 aromatic rings. The van der Waals surface area contributed by atoms with Crippen LogP contribution >= 0.6 is 0 Å². The average molecular weight is 925 g/mol. The molecule has 6 nitrogen and oxygen atoms in total. The second-order valence-corrected chi connectivity index (χ2v) is 15.9. The molecule has 0 amide bonds. The Hall–Kier alpha value is -4.71. The number of nitrogens with zero attached hydrogens (tertiary/aromatic N) is 3. The third-order valence-corrected chi connectivity index (χ3v) is 10.9. The SMILES string of the molecule is CCC(CC)C(=O)/C=C(\O)C(CC)CC.Cc1ccc2ccc3c4cc[c-]c(-c5cc(-c6cc7ccc(C(C)(C)C)nc7cc6C)c(C)cn5)c4oc3c2n1.[Ir]. The molecule has 0 aliphatic carbocycles. The number of ketones is 1. The van der Waals surface area contributed by atoms with E-state index in [4.69, 9.17) is 19.4 Å².